The van der Waals surface area contributed by atoms with Gasteiger partial charge in [0.1, 0.15) is 5.78 Å². The first-order valence-corrected chi connectivity index (χ1v) is 4.00. The van der Waals surface area contributed by atoms with Gasteiger partial charge in [0.25, 0.3) is 0 Å². The lowest BCUT2D eigenvalue weighted by Crippen LogP contribution is -2.16. The maximum atomic E-state index is 11.1. The Kier molecular flexibility index (Phi) is 2.67. The van der Waals surface area contributed by atoms with Gasteiger partial charge in [0, 0.05) is 12.3 Å². The van der Waals surface area contributed by atoms with Crippen molar-refractivity contribution >= 4 is 5.78 Å². The molecule has 0 bridgehead atoms. The molecule has 1 aliphatic rings. The molecule has 1 heteroatoms. The maximum Gasteiger partial charge on any atom is 0.139 e. The number of carbonyl (C=O) groups is 1. The molecule has 0 aromatic rings. The highest BCUT2D eigenvalue weighted by atomic mass is 16.1. The van der Waals surface area contributed by atoms with Gasteiger partial charge in [-0.15, -0.1) is 0 Å². The Morgan fingerprint density at radius 1 is 1.50 bits per heavy atom. The third-order valence-electron chi connectivity index (χ3n) is 2.03. The van der Waals surface area contributed by atoms with Crippen molar-refractivity contribution in [2.24, 2.45) is 5.92 Å². The summed E-state index contributed by atoms with van der Waals surface area (Å²) in [6.45, 7) is 1.97. The Balaban J connectivity index is 2.48. The predicted molar refractivity (Wildman–Crippen MR) is 41.8 cm³/mol. The molecule has 0 saturated heterocycles. The molecule has 0 aromatic carbocycles. The number of carbonyl (C=O) groups excluding carboxylic acids is 1. The number of Topliss-reactive ketones (excluding diaryl/α,β-unsaturated/α-hetero) is 1. The summed E-state index contributed by atoms with van der Waals surface area (Å²) in [5.41, 5.74) is 0. The zero-order valence-corrected chi connectivity index (χ0v) is 6.47. The van der Waals surface area contributed by atoms with Gasteiger partial charge in [-0.25, -0.2) is 0 Å². The van der Waals surface area contributed by atoms with Gasteiger partial charge in [-0.2, -0.15) is 0 Å². The number of hydrogen-bond donors (Lipinski definition) is 0. The SMILES string of the molecule is C/C=C\[C@H]1CCCCC1=O. The minimum absolute atomic E-state index is 0.249. The molecule has 1 saturated carbocycles. The van der Waals surface area contributed by atoms with E-state index in [1.165, 1.54) is 6.42 Å². The van der Waals surface area contributed by atoms with Gasteiger partial charge < -0.3 is 0 Å². The van der Waals surface area contributed by atoms with Crippen LogP contribution < -0.4 is 0 Å². The van der Waals surface area contributed by atoms with E-state index in [4.69, 9.17) is 0 Å². The van der Waals surface area contributed by atoms with Crippen LogP contribution in [-0.4, -0.2) is 5.78 Å². The van der Waals surface area contributed by atoms with Crippen LogP contribution in [0.15, 0.2) is 12.2 Å². The highest BCUT2D eigenvalue weighted by Crippen LogP contribution is 2.21. The Morgan fingerprint density at radius 3 is 2.90 bits per heavy atom. The van der Waals surface area contributed by atoms with Gasteiger partial charge >= 0.3 is 0 Å². The van der Waals surface area contributed by atoms with Crippen LogP contribution in [0.2, 0.25) is 0 Å². The van der Waals surface area contributed by atoms with E-state index in [1.54, 1.807) is 0 Å². The maximum absolute atomic E-state index is 11.1. The van der Waals surface area contributed by atoms with Gasteiger partial charge in [-0.1, -0.05) is 18.6 Å². The van der Waals surface area contributed by atoms with Crippen molar-refractivity contribution in [1.82, 2.24) is 0 Å². The lowest BCUT2D eigenvalue weighted by atomic mass is 9.88. The van der Waals surface area contributed by atoms with E-state index in [-0.39, 0.29) is 5.92 Å². The normalized spacial score (nSPS) is 27.7. The van der Waals surface area contributed by atoms with E-state index in [0.29, 0.717) is 5.78 Å². The van der Waals surface area contributed by atoms with Gasteiger partial charge in [0.15, 0.2) is 0 Å². The highest BCUT2D eigenvalue weighted by Gasteiger charge is 2.18. The van der Waals surface area contributed by atoms with Crippen molar-refractivity contribution in [3.8, 4) is 0 Å². The van der Waals surface area contributed by atoms with E-state index in [1.807, 2.05) is 19.1 Å². The van der Waals surface area contributed by atoms with E-state index in [9.17, 15) is 4.79 Å². The van der Waals surface area contributed by atoms with Gasteiger partial charge in [-0.3, -0.25) is 4.79 Å². The quantitative estimate of drug-likeness (QED) is 0.508. The second kappa shape index (κ2) is 3.55. The second-order valence-corrected chi connectivity index (χ2v) is 2.84. The number of rotatable bonds is 1. The molecule has 0 unspecified atom stereocenters. The third kappa shape index (κ3) is 1.69. The second-order valence-electron chi connectivity index (χ2n) is 2.84. The molecule has 56 valence electrons. The monoisotopic (exact) mass is 138 g/mol. The fourth-order valence-corrected chi connectivity index (χ4v) is 1.45. The van der Waals surface area contributed by atoms with Crippen molar-refractivity contribution in [3.63, 3.8) is 0 Å². The van der Waals surface area contributed by atoms with Crippen molar-refractivity contribution < 1.29 is 4.79 Å². The summed E-state index contributed by atoms with van der Waals surface area (Å²) in [5.74, 6) is 0.683. The first kappa shape index (κ1) is 7.52. The summed E-state index contributed by atoms with van der Waals surface area (Å²) in [6, 6.07) is 0. The van der Waals surface area contributed by atoms with Crippen LogP contribution in [0.1, 0.15) is 32.6 Å². The lowest BCUT2D eigenvalue weighted by Gasteiger charge is -2.16. The average molecular weight is 138 g/mol. The van der Waals surface area contributed by atoms with Crippen LogP contribution in [-0.2, 0) is 4.79 Å². The smallest absolute Gasteiger partial charge is 0.139 e. The first-order valence-electron chi connectivity index (χ1n) is 4.00. The standard InChI is InChI=1S/C9H14O/c1-2-5-8-6-3-4-7-9(8)10/h2,5,8H,3-4,6-7H2,1H3/b5-2-/t8-/m0/s1. The van der Waals surface area contributed by atoms with Gasteiger partial charge in [0.2, 0.25) is 0 Å². The number of allylic oxidation sites excluding steroid dienone is 2. The molecule has 0 amide bonds. The molecule has 1 fully saturated rings. The minimum atomic E-state index is 0.249. The number of hydrogen-bond acceptors (Lipinski definition) is 1. The van der Waals surface area contributed by atoms with Crippen molar-refractivity contribution in [1.29, 1.82) is 0 Å². The molecule has 0 radical (unpaired) electrons. The molecule has 0 aliphatic heterocycles. The zero-order valence-electron chi connectivity index (χ0n) is 6.47. The Bertz CT molecular complexity index is 147. The average Bonchev–Trinajstić information content (AvgIpc) is 1.94. The molecule has 0 aromatic heterocycles. The molecular formula is C9H14O. The fraction of sp³-hybridized carbons (Fsp3) is 0.667. The Labute approximate surface area is 62.1 Å². The topological polar surface area (TPSA) is 17.1 Å². The number of ketones is 1. The summed E-state index contributed by atoms with van der Waals surface area (Å²) < 4.78 is 0. The van der Waals surface area contributed by atoms with Crippen molar-refractivity contribution in [3.05, 3.63) is 12.2 Å². The van der Waals surface area contributed by atoms with Crippen LogP contribution in [0.3, 0.4) is 0 Å². The molecule has 1 atom stereocenters. The fourth-order valence-electron chi connectivity index (χ4n) is 1.45. The molecule has 0 spiro atoms. The van der Waals surface area contributed by atoms with E-state index < -0.39 is 0 Å². The Hall–Kier alpha value is -0.590. The van der Waals surface area contributed by atoms with Crippen molar-refractivity contribution in [2.75, 3.05) is 0 Å². The summed E-state index contributed by atoms with van der Waals surface area (Å²) in [5, 5.41) is 0. The van der Waals surface area contributed by atoms with E-state index in [2.05, 4.69) is 0 Å². The summed E-state index contributed by atoms with van der Waals surface area (Å²) >= 11 is 0. The minimum Gasteiger partial charge on any atom is -0.299 e. The van der Waals surface area contributed by atoms with E-state index in [0.717, 1.165) is 19.3 Å². The highest BCUT2D eigenvalue weighted by molar-refractivity contribution is 5.83. The molecule has 10 heavy (non-hydrogen) atoms. The largest absolute Gasteiger partial charge is 0.299 e. The molecular weight excluding hydrogens is 124 g/mol. The van der Waals surface area contributed by atoms with Crippen LogP contribution in [0.4, 0.5) is 0 Å². The first-order chi connectivity index (χ1) is 4.84. The molecule has 1 rings (SSSR count). The van der Waals surface area contributed by atoms with Crippen molar-refractivity contribution in [2.45, 2.75) is 32.6 Å². The van der Waals surface area contributed by atoms with Crippen LogP contribution in [0.25, 0.3) is 0 Å². The predicted octanol–water partition coefficient (Wildman–Crippen LogP) is 2.32. The van der Waals surface area contributed by atoms with Crippen LogP contribution >= 0.6 is 0 Å². The zero-order chi connectivity index (χ0) is 7.40. The molecule has 0 heterocycles. The summed E-state index contributed by atoms with van der Waals surface area (Å²) in [7, 11) is 0. The summed E-state index contributed by atoms with van der Waals surface area (Å²) in [4.78, 5) is 11.1. The van der Waals surface area contributed by atoms with Gasteiger partial charge in [-0.05, 0) is 19.8 Å². The van der Waals surface area contributed by atoms with E-state index >= 15 is 0 Å². The third-order valence-corrected chi connectivity index (χ3v) is 2.03. The van der Waals surface area contributed by atoms with Gasteiger partial charge in [0.05, 0.1) is 0 Å². The molecule has 1 aliphatic carbocycles. The van der Waals surface area contributed by atoms with Crippen LogP contribution in [0, 0.1) is 5.92 Å². The van der Waals surface area contributed by atoms with Crippen LogP contribution in [0.5, 0.6) is 0 Å². The lowest BCUT2D eigenvalue weighted by molar-refractivity contribution is -0.122. The molecule has 0 N–H and O–H groups in total. The Morgan fingerprint density at radius 2 is 2.30 bits per heavy atom. The summed E-state index contributed by atoms with van der Waals surface area (Å²) in [6.07, 6.45) is 8.21. The molecule has 1 nitrogen and oxygen atoms in total.